The van der Waals surface area contributed by atoms with Gasteiger partial charge in [0.25, 0.3) is 0 Å². The summed E-state index contributed by atoms with van der Waals surface area (Å²) in [4.78, 5) is 18.1. The number of hydrogen-bond donors (Lipinski definition) is 3. The second kappa shape index (κ2) is 11.3. The van der Waals surface area contributed by atoms with Crippen LogP contribution in [0.5, 0.6) is 0 Å². The van der Waals surface area contributed by atoms with Gasteiger partial charge in [0.05, 0.1) is 6.54 Å². The average molecular weight is 461 g/mol. The van der Waals surface area contributed by atoms with Gasteiger partial charge in [0, 0.05) is 25.7 Å². The van der Waals surface area contributed by atoms with Crippen LogP contribution in [0, 0.1) is 0 Å². The highest BCUT2D eigenvalue weighted by Crippen LogP contribution is 2.06. The number of rotatable bonds is 6. The average Bonchev–Trinajstić information content (AvgIpc) is 2.46. The van der Waals surface area contributed by atoms with E-state index >= 15 is 0 Å². The summed E-state index contributed by atoms with van der Waals surface area (Å²) >= 11 is 0. The van der Waals surface area contributed by atoms with Crippen molar-refractivity contribution in [2.75, 3.05) is 27.7 Å². The third-order valence-electron chi connectivity index (χ3n) is 3.14. The lowest BCUT2D eigenvalue weighted by molar-refractivity contribution is -0.121. The second-order valence-corrected chi connectivity index (χ2v) is 7.13. The SMILES string of the molecule is CN=C(NCC(=O)NC(C)(C)C)NCc1ccc(CN(C)C)cc1.I. The fourth-order valence-corrected chi connectivity index (χ4v) is 2.16. The van der Waals surface area contributed by atoms with E-state index in [-0.39, 0.29) is 42.0 Å². The summed E-state index contributed by atoms with van der Waals surface area (Å²) in [6.45, 7) is 7.65. The fraction of sp³-hybridized carbons (Fsp3) is 0.556. The zero-order chi connectivity index (χ0) is 18.2. The number of aliphatic imine (C=N–C) groups is 1. The first-order chi connectivity index (χ1) is 11.2. The maximum Gasteiger partial charge on any atom is 0.239 e. The molecule has 142 valence electrons. The Kier molecular flexibility index (Phi) is 10.7. The van der Waals surface area contributed by atoms with Gasteiger partial charge in [-0.15, -0.1) is 24.0 Å². The fourth-order valence-electron chi connectivity index (χ4n) is 2.16. The summed E-state index contributed by atoms with van der Waals surface area (Å²) < 4.78 is 0. The summed E-state index contributed by atoms with van der Waals surface area (Å²) in [5, 5.41) is 9.14. The Morgan fingerprint density at radius 3 is 2.12 bits per heavy atom. The number of hydrogen-bond acceptors (Lipinski definition) is 3. The van der Waals surface area contributed by atoms with Gasteiger partial charge in [0.15, 0.2) is 5.96 Å². The van der Waals surface area contributed by atoms with Gasteiger partial charge in [-0.05, 0) is 46.0 Å². The standard InChI is InChI=1S/C18H31N5O.HI/c1-18(2,3)22-16(24)12-21-17(19-4)20-11-14-7-9-15(10-8-14)13-23(5)6;/h7-10H,11-13H2,1-6H3,(H,22,24)(H2,19,20,21);1H. The number of carbonyl (C=O) groups is 1. The van der Waals surface area contributed by atoms with Crippen LogP contribution in [-0.2, 0) is 17.9 Å². The van der Waals surface area contributed by atoms with Gasteiger partial charge >= 0.3 is 0 Å². The van der Waals surface area contributed by atoms with E-state index in [1.165, 1.54) is 11.1 Å². The van der Waals surface area contributed by atoms with Crippen molar-refractivity contribution >= 4 is 35.8 Å². The predicted octanol–water partition coefficient (Wildman–Crippen LogP) is 1.95. The molecule has 0 saturated carbocycles. The van der Waals surface area contributed by atoms with E-state index in [1.54, 1.807) is 7.05 Å². The van der Waals surface area contributed by atoms with Crippen molar-refractivity contribution in [3.05, 3.63) is 35.4 Å². The Balaban J connectivity index is 0.00000576. The lowest BCUT2D eigenvalue weighted by atomic mass is 10.1. The van der Waals surface area contributed by atoms with Crippen LogP contribution in [0.25, 0.3) is 0 Å². The minimum absolute atomic E-state index is 0. The van der Waals surface area contributed by atoms with Crippen molar-refractivity contribution in [1.82, 2.24) is 20.9 Å². The minimum Gasteiger partial charge on any atom is -0.352 e. The van der Waals surface area contributed by atoms with E-state index in [0.29, 0.717) is 12.5 Å². The Labute approximate surface area is 168 Å². The maximum atomic E-state index is 11.8. The second-order valence-electron chi connectivity index (χ2n) is 7.13. The van der Waals surface area contributed by atoms with Gasteiger partial charge in [-0.2, -0.15) is 0 Å². The van der Waals surface area contributed by atoms with Crippen molar-refractivity contribution in [3.8, 4) is 0 Å². The van der Waals surface area contributed by atoms with E-state index in [4.69, 9.17) is 0 Å². The largest absolute Gasteiger partial charge is 0.352 e. The van der Waals surface area contributed by atoms with Gasteiger partial charge < -0.3 is 20.9 Å². The van der Waals surface area contributed by atoms with Crippen LogP contribution < -0.4 is 16.0 Å². The van der Waals surface area contributed by atoms with Gasteiger partial charge in [-0.3, -0.25) is 9.79 Å². The summed E-state index contributed by atoms with van der Waals surface area (Å²) in [5.74, 6) is 0.551. The van der Waals surface area contributed by atoms with E-state index in [2.05, 4.69) is 64.2 Å². The quantitative estimate of drug-likeness (QED) is 0.344. The molecule has 1 rings (SSSR count). The maximum absolute atomic E-state index is 11.8. The number of halogens is 1. The summed E-state index contributed by atoms with van der Waals surface area (Å²) in [5.41, 5.74) is 2.22. The number of carbonyl (C=O) groups excluding carboxylic acids is 1. The highest BCUT2D eigenvalue weighted by Gasteiger charge is 2.13. The van der Waals surface area contributed by atoms with Crippen molar-refractivity contribution < 1.29 is 4.79 Å². The van der Waals surface area contributed by atoms with E-state index in [1.807, 2.05) is 20.8 Å². The molecule has 0 atom stereocenters. The third kappa shape index (κ3) is 11.0. The molecule has 0 aliphatic heterocycles. The van der Waals surface area contributed by atoms with E-state index in [0.717, 1.165) is 6.54 Å². The predicted molar refractivity (Wildman–Crippen MR) is 115 cm³/mol. The Morgan fingerprint density at radius 1 is 1.08 bits per heavy atom. The zero-order valence-corrected chi connectivity index (χ0v) is 18.5. The van der Waals surface area contributed by atoms with Crippen LogP contribution in [-0.4, -0.2) is 50.0 Å². The van der Waals surface area contributed by atoms with Gasteiger partial charge in [0.2, 0.25) is 5.91 Å². The molecule has 0 spiro atoms. The molecular weight excluding hydrogens is 429 g/mol. The van der Waals surface area contributed by atoms with Crippen LogP contribution >= 0.6 is 24.0 Å². The number of guanidine groups is 1. The molecular formula is C18H32IN5O. The smallest absolute Gasteiger partial charge is 0.239 e. The van der Waals surface area contributed by atoms with E-state index in [9.17, 15) is 4.79 Å². The van der Waals surface area contributed by atoms with Gasteiger partial charge in [-0.1, -0.05) is 24.3 Å². The summed E-state index contributed by atoms with van der Waals surface area (Å²) in [7, 11) is 5.80. The number of nitrogens with zero attached hydrogens (tertiary/aromatic N) is 2. The molecule has 1 amide bonds. The monoisotopic (exact) mass is 461 g/mol. The van der Waals surface area contributed by atoms with Crippen LogP contribution in [0.1, 0.15) is 31.9 Å². The Hall–Kier alpha value is -1.35. The van der Waals surface area contributed by atoms with Crippen molar-refractivity contribution in [2.45, 2.75) is 39.4 Å². The lowest BCUT2D eigenvalue weighted by Crippen LogP contribution is -2.48. The molecule has 0 aliphatic rings. The van der Waals surface area contributed by atoms with E-state index < -0.39 is 0 Å². The highest BCUT2D eigenvalue weighted by molar-refractivity contribution is 14.0. The molecule has 0 radical (unpaired) electrons. The molecule has 3 N–H and O–H groups in total. The summed E-state index contributed by atoms with van der Waals surface area (Å²) in [6.07, 6.45) is 0. The van der Waals surface area contributed by atoms with Crippen molar-refractivity contribution in [2.24, 2.45) is 4.99 Å². The molecule has 0 unspecified atom stereocenters. The number of nitrogens with one attached hydrogen (secondary N) is 3. The molecule has 0 heterocycles. The topological polar surface area (TPSA) is 68.8 Å². The summed E-state index contributed by atoms with van der Waals surface area (Å²) in [6, 6.07) is 8.46. The first kappa shape index (κ1) is 23.6. The molecule has 0 saturated heterocycles. The van der Waals surface area contributed by atoms with Crippen molar-refractivity contribution in [1.29, 1.82) is 0 Å². The molecule has 0 aliphatic carbocycles. The molecule has 1 aromatic carbocycles. The first-order valence-electron chi connectivity index (χ1n) is 8.17. The molecule has 25 heavy (non-hydrogen) atoms. The number of benzene rings is 1. The Morgan fingerprint density at radius 2 is 1.64 bits per heavy atom. The van der Waals surface area contributed by atoms with Gasteiger partial charge in [0.1, 0.15) is 0 Å². The van der Waals surface area contributed by atoms with Crippen LogP contribution in [0.3, 0.4) is 0 Å². The van der Waals surface area contributed by atoms with Crippen molar-refractivity contribution in [3.63, 3.8) is 0 Å². The molecule has 7 heteroatoms. The normalized spacial score (nSPS) is 11.7. The molecule has 0 fully saturated rings. The van der Waals surface area contributed by atoms with Crippen LogP contribution in [0.2, 0.25) is 0 Å². The third-order valence-corrected chi connectivity index (χ3v) is 3.14. The lowest BCUT2D eigenvalue weighted by Gasteiger charge is -2.21. The molecule has 1 aromatic rings. The molecule has 0 bridgehead atoms. The molecule has 6 nitrogen and oxygen atoms in total. The highest BCUT2D eigenvalue weighted by atomic mass is 127. The minimum atomic E-state index is -0.232. The van der Waals surface area contributed by atoms with Gasteiger partial charge in [-0.25, -0.2) is 0 Å². The first-order valence-corrected chi connectivity index (χ1v) is 8.17. The Bertz CT molecular complexity index is 550. The van der Waals surface area contributed by atoms with Crippen LogP contribution in [0.4, 0.5) is 0 Å². The molecule has 0 aromatic heterocycles. The zero-order valence-electron chi connectivity index (χ0n) is 16.1. The number of amides is 1. The van der Waals surface area contributed by atoms with Crippen LogP contribution in [0.15, 0.2) is 29.3 Å².